The van der Waals surface area contributed by atoms with Crippen molar-refractivity contribution in [3.8, 4) is 0 Å². The average molecular weight is 275 g/mol. The minimum atomic E-state index is -0.458. The van der Waals surface area contributed by atoms with E-state index in [2.05, 4.69) is 5.32 Å². The molecule has 0 radical (unpaired) electrons. The zero-order chi connectivity index (χ0) is 14.5. The Morgan fingerprint density at radius 3 is 2.85 bits per heavy atom. The Morgan fingerprint density at radius 2 is 2.25 bits per heavy atom. The van der Waals surface area contributed by atoms with Crippen molar-refractivity contribution in [2.24, 2.45) is 0 Å². The number of non-ortho nitro benzene ring substituents is 1. The molecule has 0 bridgehead atoms. The molecule has 0 fully saturated rings. The lowest BCUT2D eigenvalue weighted by Crippen LogP contribution is -2.17. The monoisotopic (exact) mass is 275 g/mol. The molecule has 0 saturated carbocycles. The Labute approximate surface area is 116 Å². The summed E-state index contributed by atoms with van der Waals surface area (Å²) in [7, 11) is 0. The molecule has 2 aromatic rings. The normalized spacial score (nSPS) is 12.1. The van der Waals surface area contributed by atoms with Gasteiger partial charge in [-0.1, -0.05) is 0 Å². The minimum Gasteiger partial charge on any atom is -0.469 e. The third-order valence-electron chi connectivity index (χ3n) is 3.05. The Balaban J connectivity index is 1.93. The number of hydrogen-bond acceptors (Lipinski definition) is 5. The molecule has 2 rings (SSSR count). The second kappa shape index (κ2) is 6.10. The van der Waals surface area contributed by atoms with Crippen molar-refractivity contribution in [1.82, 2.24) is 0 Å². The van der Waals surface area contributed by atoms with Crippen molar-refractivity contribution >= 4 is 17.1 Å². The summed E-state index contributed by atoms with van der Waals surface area (Å²) in [5.41, 5.74) is 6.90. The SMILES string of the molecule is CC(CCc1ccco1)Nc1ccc([N+](=O)[O-])cc1N. The molecule has 1 unspecified atom stereocenters. The summed E-state index contributed by atoms with van der Waals surface area (Å²) in [5.74, 6) is 0.940. The van der Waals surface area contributed by atoms with E-state index in [-0.39, 0.29) is 11.7 Å². The van der Waals surface area contributed by atoms with Crippen molar-refractivity contribution < 1.29 is 9.34 Å². The molecule has 0 aliphatic rings. The Kier molecular flexibility index (Phi) is 4.24. The molecule has 0 aliphatic carbocycles. The molecule has 1 aromatic carbocycles. The maximum Gasteiger partial charge on any atom is 0.271 e. The molecule has 1 atom stereocenters. The highest BCUT2D eigenvalue weighted by molar-refractivity contribution is 5.69. The van der Waals surface area contributed by atoms with E-state index in [1.807, 2.05) is 19.1 Å². The second-order valence-corrected chi connectivity index (χ2v) is 4.69. The first kappa shape index (κ1) is 13.9. The molecular weight excluding hydrogens is 258 g/mol. The highest BCUT2D eigenvalue weighted by atomic mass is 16.6. The number of nitrogens with two attached hydrogens (primary N) is 1. The van der Waals surface area contributed by atoms with Gasteiger partial charge in [-0.25, -0.2) is 0 Å². The lowest BCUT2D eigenvalue weighted by Gasteiger charge is -2.16. The summed E-state index contributed by atoms with van der Waals surface area (Å²) < 4.78 is 5.27. The predicted octanol–water partition coefficient (Wildman–Crippen LogP) is 3.20. The first-order valence-electron chi connectivity index (χ1n) is 6.39. The number of benzene rings is 1. The van der Waals surface area contributed by atoms with Crippen LogP contribution in [0.4, 0.5) is 17.1 Å². The molecule has 0 saturated heterocycles. The molecule has 6 heteroatoms. The van der Waals surface area contributed by atoms with Crippen LogP contribution in [0.25, 0.3) is 0 Å². The number of nitrogens with one attached hydrogen (secondary N) is 1. The van der Waals surface area contributed by atoms with Crippen LogP contribution in [0, 0.1) is 10.1 Å². The number of nitro groups is 1. The van der Waals surface area contributed by atoms with Gasteiger partial charge in [0.1, 0.15) is 5.76 Å². The van der Waals surface area contributed by atoms with Crippen LogP contribution in [-0.4, -0.2) is 11.0 Å². The van der Waals surface area contributed by atoms with Crippen LogP contribution < -0.4 is 11.1 Å². The molecule has 1 aromatic heterocycles. The Bertz CT molecular complexity index is 581. The number of nitrogen functional groups attached to an aromatic ring is 1. The fourth-order valence-corrected chi connectivity index (χ4v) is 1.95. The van der Waals surface area contributed by atoms with Crippen LogP contribution in [0.5, 0.6) is 0 Å². The van der Waals surface area contributed by atoms with E-state index >= 15 is 0 Å². The maximum atomic E-state index is 10.6. The largest absolute Gasteiger partial charge is 0.469 e. The number of nitro benzene ring substituents is 1. The number of rotatable bonds is 6. The standard InChI is InChI=1S/C14H17N3O3/c1-10(4-6-12-3-2-8-20-12)16-14-7-5-11(17(18)19)9-13(14)15/h2-3,5,7-10,16H,4,6,15H2,1H3. The van der Waals surface area contributed by atoms with Gasteiger partial charge < -0.3 is 15.5 Å². The van der Waals surface area contributed by atoms with Crippen molar-refractivity contribution in [3.63, 3.8) is 0 Å². The average Bonchev–Trinajstić information content (AvgIpc) is 2.91. The number of nitrogens with zero attached hydrogens (tertiary/aromatic N) is 1. The van der Waals surface area contributed by atoms with Crippen molar-refractivity contribution in [2.75, 3.05) is 11.1 Å². The van der Waals surface area contributed by atoms with Gasteiger partial charge >= 0.3 is 0 Å². The molecule has 6 nitrogen and oxygen atoms in total. The highest BCUT2D eigenvalue weighted by Gasteiger charge is 2.10. The van der Waals surface area contributed by atoms with Gasteiger partial charge in [-0.2, -0.15) is 0 Å². The quantitative estimate of drug-likeness (QED) is 0.479. The molecule has 20 heavy (non-hydrogen) atoms. The van der Waals surface area contributed by atoms with E-state index < -0.39 is 4.92 Å². The number of furan rings is 1. The van der Waals surface area contributed by atoms with Crippen LogP contribution in [-0.2, 0) is 6.42 Å². The van der Waals surface area contributed by atoms with Gasteiger partial charge in [0, 0.05) is 24.6 Å². The smallest absolute Gasteiger partial charge is 0.271 e. The molecule has 1 heterocycles. The molecule has 3 N–H and O–H groups in total. The summed E-state index contributed by atoms with van der Waals surface area (Å²) in [4.78, 5) is 10.2. The Morgan fingerprint density at radius 1 is 1.45 bits per heavy atom. The number of hydrogen-bond donors (Lipinski definition) is 2. The molecule has 0 aliphatic heterocycles. The van der Waals surface area contributed by atoms with Crippen LogP contribution in [0.15, 0.2) is 41.0 Å². The number of anilines is 2. The van der Waals surface area contributed by atoms with Crippen molar-refractivity contribution in [3.05, 3.63) is 52.5 Å². The first-order chi connectivity index (χ1) is 9.56. The van der Waals surface area contributed by atoms with Crippen LogP contribution in [0.1, 0.15) is 19.1 Å². The van der Waals surface area contributed by atoms with Gasteiger partial charge in [-0.3, -0.25) is 10.1 Å². The van der Waals surface area contributed by atoms with Crippen LogP contribution >= 0.6 is 0 Å². The van der Waals surface area contributed by atoms with Gasteiger partial charge in [-0.05, 0) is 31.5 Å². The van der Waals surface area contributed by atoms with Gasteiger partial charge in [0.05, 0.1) is 22.6 Å². The summed E-state index contributed by atoms with van der Waals surface area (Å²) in [6.45, 7) is 2.03. The fraction of sp³-hybridized carbons (Fsp3) is 0.286. The van der Waals surface area contributed by atoms with Gasteiger partial charge in [0.15, 0.2) is 0 Å². The van der Waals surface area contributed by atoms with E-state index in [0.29, 0.717) is 11.4 Å². The lowest BCUT2D eigenvalue weighted by atomic mass is 10.1. The summed E-state index contributed by atoms with van der Waals surface area (Å²) in [6, 6.07) is 8.43. The molecule has 0 spiro atoms. The maximum absolute atomic E-state index is 10.6. The fourth-order valence-electron chi connectivity index (χ4n) is 1.95. The number of aryl methyl sites for hydroxylation is 1. The van der Waals surface area contributed by atoms with E-state index in [4.69, 9.17) is 10.2 Å². The lowest BCUT2D eigenvalue weighted by molar-refractivity contribution is -0.384. The topological polar surface area (TPSA) is 94.3 Å². The predicted molar refractivity (Wildman–Crippen MR) is 77.6 cm³/mol. The molecule has 106 valence electrons. The van der Waals surface area contributed by atoms with Crippen molar-refractivity contribution in [2.45, 2.75) is 25.8 Å². The first-order valence-corrected chi connectivity index (χ1v) is 6.39. The minimum absolute atomic E-state index is 0.00344. The Hall–Kier alpha value is -2.50. The molecular formula is C14H17N3O3. The van der Waals surface area contributed by atoms with Gasteiger partial charge in [0.2, 0.25) is 0 Å². The van der Waals surface area contributed by atoms with Crippen LogP contribution in [0.2, 0.25) is 0 Å². The summed E-state index contributed by atoms with van der Waals surface area (Å²) in [5, 5.41) is 13.9. The van der Waals surface area contributed by atoms with E-state index in [1.54, 1.807) is 12.3 Å². The highest BCUT2D eigenvalue weighted by Crippen LogP contribution is 2.25. The third-order valence-corrected chi connectivity index (χ3v) is 3.05. The third kappa shape index (κ3) is 3.50. The second-order valence-electron chi connectivity index (χ2n) is 4.69. The molecule has 0 amide bonds. The zero-order valence-electron chi connectivity index (χ0n) is 11.2. The van der Waals surface area contributed by atoms with Gasteiger partial charge in [0.25, 0.3) is 5.69 Å². The summed E-state index contributed by atoms with van der Waals surface area (Å²) in [6.07, 6.45) is 3.36. The van der Waals surface area contributed by atoms with Crippen molar-refractivity contribution in [1.29, 1.82) is 0 Å². The van der Waals surface area contributed by atoms with E-state index in [0.717, 1.165) is 18.6 Å². The van der Waals surface area contributed by atoms with E-state index in [1.165, 1.54) is 12.1 Å². The van der Waals surface area contributed by atoms with Crippen LogP contribution in [0.3, 0.4) is 0 Å². The van der Waals surface area contributed by atoms with Gasteiger partial charge in [-0.15, -0.1) is 0 Å². The zero-order valence-corrected chi connectivity index (χ0v) is 11.2. The van der Waals surface area contributed by atoms with E-state index in [9.17, 15) is 10.1 Å². The summed E-state index contributed by atoms with van der Waals surface area (Å²) >= 11 is 0.